The highest BCUT2D eigenvalue weighted by Crippen LogP contribution is 2.07. The molecule has 1 heterocycles. The third-order valence-corrected chi connectivity index (χ3v) is 2.27. The lowest BCUT2D eigenvalue weighted by atomic mass is 10.2. The molecule has 17 heavy (non-hydrogen) atoms. The molecule has 0 spiro atoms. The van der Waals surface area contributed by atoms with E-state index in [1.807, 2.05) is 4.98 Å². The summed E-state index contributed by atoms with van der Waals surface area (Å²) in [6, 6.07) is 6.40. The maximum atomic E-state index is 12.7. The number of hydrogen-bond donors (Lipinski definition) is 2. The van der Waals surface area contributed by atoms with Crippen molar-refractivity contribution in [3.8, 4) is 5.88 Å². The maximum absolute atomic E-state index is 12.7. The first-order valence-electron chi connectivity index (χ1n) is 4.84. The molecule has 2 N–H and O–H groups in total. The van der Waals surface area contributed by atoms with Crippen LogP contribution in [0.5, 0.6) is 5.88 Å². The van der Waals surface area contributed by atoms with Crippen molar-refractivity contribution in [3.63, 3.8) is 0 Å². The summed E-state index contributed by atoms with van der Waals surface area (Å²) in [5.41, 5.74) is -0.738. The zero-order valence-electron chi connectivity index (χ0n) is 8.68. The van der Waals surface area contributed by atoms with Crippen LogP contribution in [-0.4, -0.2) is 14.7 Å². The summed E-state index contributed by atoms with van der Waals surface area (Å²) in [6.45, 7) is 0.0573. The molecular weight excluding hydrogens is 227 g/mol. The Hall–Kier alpha value is -2.37. The second kappa shape index (κ2) is 4.25. The molecular formula is C11H9FN2O3. The molecule has 0 bridgehead atoms. The van der Waals surface area contributed by atoms with Crippen LogP contribution in [0.25, 0.3) is 0 Å². The Labute approximate surface area is 94.8 Å². The largest absolute Gasteiger partial charge is 0.494 e. The van der Waals surface area contributed by atoms with Gasteiger partial charge in [0.2, 0.25) is 5.88 Å². The lowest BCUT2D eigenvalue weighted by Gasteiger charge is -2.06. The summed E-state index contributed by atoms with van der Waals surface area (Å²) in [5.74, 6) is -0.810. The lowest BCUT2D eigenvalue weighted by molar-refractivity contribution is 0.409. The lowest BCUT2D eigenvalue weighted by Crippen LogP contribution is -2.29. The number of H-pyrrole nitrogens is 1. The van der Waals surface area contributed by atoms with Crippen LogP contribution in [0, 0.1) is 5.82 Å². The van der Waals surface area contributed by atoms with Gasteiger partial charge in [0.15, 0.2) is 0 Å². The van der Waals surface area contributed by atoms with Gasteiger partial charge in [-0.05, 0) is 17.7 Å². The number of hydrogen-bond acceptors (Lipinski definition) is 3. The van der Waals surface area contributed by atoms with Crippen molar-refractivity contribution in [2.45, 2.75) is 6.54 Å². The van der Waals surface area contributed by atoms with E-state index >= 15 is 0 Å². The molecule has 2 rings (SSSR count). The van der Waals surface area contributed by atoms with E-state index in [9.17, 15) is 19.1 Å². The summed E-state index contributed by atoms with van der Waals surface area (Å²) in [7, 11) is 0. The van der Waals surface area contributed by atoms with E-state index in [1.54, 1.807) is 0 Å². The van der Waals surface area contributed by atoms with Gasteiger partial charge in [-0.25, -0.2) is 9.18 Å². The first-order valence-corrected chi connectivity index (χ1v) is 4.84. The van der Waals surface area contributed by atoms with Crippen molar-refractivity contribution in [1.29, 1.82) is 0 Å². The van der Waals surface area contributed by atoms with Gasteiger partial charge in [-0.3, -0.25) is 14.3 Å². The van der Waals surface area contributed by atoms with Crippen LogP contribution in [0.1, 0.15) is 5.56 Å². The first-order chi connectivity index (χ1) is 8.06. The molecule has 0 saturated heterocycles. The molecule has 6 heteroatoms. The smallest absolute Gasteiger partial charge is 0.331 e. The summed E-state index contributed by atoms with van der Waals surface area (Å²) >= 11 is 0. The first kappa shape index (κ1) is 11.1. The van der Waals surface area contributed by atoms with Crippen molar-refractivity contribution in [1.82, 2.24) is 9.55 Å². The van der Waals surface area contributed by atoms with E-state index < -0.39 is 17.1 Å². The Morgan fingerprint density at radius 1 is 1.24 bits per heavy atom. The Morgan fingerprint density at radius 3 is 2.47 bits per heavy atom. The minimum atomic E-state index is -0.709. The van der Waals surface area contributed by atoms with E-state index in [2.05, 4.69) is 0 Å². The molecule has 2 aromatic rings. The molecule has 1 aromatic carbocycles. The fourth-order valence-electron chi connectivity index (χ4n) is 1.43. The highest BCUT2D eigenvalue weighted by molar-refractivity contribution is 5.18. The molecule has 0 fully saturated rings. The minimum absolute atomic E-state index is 0.0573. The van der Waals surface area contributed by atoms with E-state index in [0.717, 1.165) is 10.6 Å². The quantitative estimate of drug-likeness (QED) is 0.794. The van der Waals surface area contributed by atoms with Gasteiger partial charge in [0.1, 0.15) is 5.82 Å². The molecule has 0 atom stereocenters. The molecule has 0 radical (unpaired) electrons. The van der Waals surface area contributed by atoms with Crippen LogP contribution < -0.4 is 11.2 Å². The predicted molar refractivity (Wildman–Crippen MR) is 58.5 cm³/mol. The number of aromatic nitrogens is 2. The zero-order valence-corrected chi connectivity index (χ0v) is 8.68. The SMILES string of the molecule is O=c1cc(O)n(Cc2ccc(F)cc2)c(=O)[nH]1. The Morgan fingerprint density at radius 2 is 1.88 bits per heavy atom. The summed E-state index contributed by atoms with van der Waals surface area (Å²) in [4.78, 5) is 24.3. The van der Waals surface area contributed by atoms with E-state index in [1.165, 1.54) is 24.3 Å². The third kappa shape index (κ3) is 2.41. The molecule has 0 aliphatic heterocycles. The van der Waals surface area contributed by atoms with Crippen molar-refractivity contribution < 1.29 is 9.50 Å². The maximum Gasteiger partial charge on any atom is 0.331 e. The summed E-state index contributed by atoms with van der Waals surface area (Å²) in [6.07, 6.45) is 0. The molecule has 0 unspecified atom stereocenters. The zero-order chi connectivity index (χ0) is 12.4. The highest BCUT2D eigenvalue weighted by Gasteiger charge is 2.05. The second-order valence-corrected chi connectivity index (χ2v) is 3.51. The topological polar surface area (TPSA) is 75.1 Å². The fourth-order valence-corrected chi connectivity index (χ4v) is 1.43. The van der Waals surface area contributed by atoms with Crippen LogP contribution in [0.15, 0.2) is 39.9 Å². The van der Waals surface area contributed by atoms with Crippen LogP contribution in [-0.2, 0) is 6.54 Å². The van der Waals surface area contributed by atoms with Crippen molar-refractivity contribution in [2.24, 2.45) is 0 Å². The van der Waals surface area contributed by atoms with E-state index in [4.69, 9.17) is 0 Å². The van der Waals surface area contributed by atoms with Gasteiger partial charge in [0.25, 0.3) is 5.56 Å². The van der Waals surface area contributed by atoms with Gasteiger partial charge < -0.3 is 5.11 Å². The van der Waals surface area contributed by atoms with E-state index in [0.29, 0.717) is 5.56 Å². The molecule has 0 saturated carbocycles. The van der Waals surface area contributed by atoms with E-state index in [-0.39, 0.29) is 12.4 Å². The third-order valence-electron chi connectivity index (χ3n) is 2.27. The molecule has 5 nitrogen and oxygen atoms in total. The number of rotatable bonds is 2. The molecule has 0 aliphatic carbocycles. The predicted octanol–water partition coefficient (Wildman–Crippen LogP) is 0.430. The molecule has 0 amide bonds. The van der Waals surface area contributed by atoms with Gasteiger partial charge in [0.05, 0.1) is 12.6 Å². The van der Waals surface area contributed by atoms with Crippen molar-refractivity contribution in [3.05, 3.63) is 62.6 Å². The summed E-state index contributed by atoms with van der Waals surface area (Å²) < 4.78 is 13.7. The Bertz CT molecular complexity index is 643. The number of nitrogens with zero attached hydrogens (tertiary/aromatic N) is 1. The average molecular weight is 236 g/mol. The van der Waals surface area contributed by atoms with Crippen LogP contribution in [0.2, 0.25) is 0 Å². The van der Waals surface area contributed by atoms with Gasteiger partial charge >= 0.3 is 5.69 Å². The second-order valence-electron chi connectivity index (χ2n) is 3.51. The fraction of sp³-hybridized carbons (Fsp3) is 0.0909. The van der Waals surface area contributed by atoms with Crippen molar-refractivity contribution >= 4 is 0 Å². The minimum Gasteiger partial charge on any atom is -0.494 e. The Kier molecular flexibility index (Phi) is 2.78. The van der Waals surface area contributed by atoms with Crippen LogP contribution >= 0.6 is 0 Å². The monoisotopic (exact) mass is 236 g/mol. The van der Waals surface area contributed by atoms with Gasteiger partial charge in [-0.2, -0.15) is 0 Å². The standard InChI is InChI=1S/C11H9FN2O3/c12-8-3-1-7(2-4-8)6-14-10(16)5-9(15)13-11(14)17/h1-5,16H,6H2,(H,13,15,17). The van der Waals surface area contributed by atoms with Crippen LogP contribution in [0.4, 0.5) is 4.39 Å². The average Bonchev–Trinajstić information content (AvgIpc) is 2.26. The summed E-state index contributed by atoms with van der Waals surface area (Å²) in [5, 5.41) is 9.46. The number of nitrogens with one attached hydrogen (secondary N) is 1. The van der Waals surface area contributed by atoms with Gasteiger partial charge in [-0.1, -0.05) is 12.1 Å². The number of halogens is 1. The Balaban J connectivity index is 2.40. The van der Waals surface area contributed by atoms with Gasteiger partial charge in [-0.15, -0.1) is 0 Å². The number of aromatic amines is 1. The molecule has 1 aromatic heterocycles. The molecule has 88 valence electrons. The number of benzene rings is 1. The highest BCUT2D eigenvalue weighted by atomic mass is 19.1. The van der Waals surface area contributed by atoms with Gasteiger partial charge in [0, 0.05) is 0 Å². The van der Waals surface area contributed by atoms with Crippen LogP contribution in [0.3, 0.4) is 0 Å². The normalized spacial score (nSPS) is 10.4. The van der Waals surface area contributed by atoms with Crippen molar-refractivity contribution in [2.75, 3.05) is 0 Å². The number of aromatic hydroxyl groups is 1. The molecule has 0 aliphatic rings.